The summed E-state index contributed by atoms with van der Waals surface area (Å²) in [6.07, 6.45) is 7.86. The molecule has 0 bridgehead atoms. The molecule has 86 valence electrons. The van der Waals surface area contributed by atoms with Crippen LogP contribution < -0.4 is 0 Å². The molecule has 1 heteroatoms. The van der Waals surface area contributed by atoms with E-state index in [1.807, 2.05) is 0 Å². The number of allylic oxidation sites excluding steroid dienone is 4. The first-order valence-electron chi connectivity index (χ1n) is 5.70. The second kappa shape index (κ2) is 3.74. The van der Waals surface area contributed by atoms with Gasteiger partial charge in [0.1, 0.15) is 0 Å². The lowest BCUT2D eigenvalue weighted by Crippen LogP contribution is -2.32. The Morgan fingerprint density at radius 3 is 1.80 bits per heavy atom. The van der Waals surface area contributed by atoms with Crippen LogP contribution in [0.25, 0.3) is 0 Å². The molecular formula is C14H25P. The van der Waals surface area contributed by atoms with Gasteiger partial charge in [-0.15, -0.1) is 0 Å². The van der Waals surface area contributed by atoms with E-state index < -0.39 is 7.26 Å². The van der Waals surface area contributed by atoms with Gasteiger partial charge in [-0.3, -0.25) is 0 Å². The van der Waals surface area contributed by atoms with Crippen LogP contribution >= 0.6 is 7.26 Å². The number of hydrogen-bond acceptors (Lipinski definition) is 0. The van der Waals surface area contributed by atoms with Gasteiger partial charge in [0.05, 0.1) is 0 Å². The summed E-state index contributed by atoms with van der Waals surface area (Å²) >= 11 is 0. The largest absolute Gasteiger partial charge is 0.174 e. The van der Waals surface area contributed by atoms with E-state index in [0.29, 0.717) is 10.3 Å². The van der Waals surface area contributed by atoms with E-state index in [1.54, 1.807) is 5.31 Å². The molecule has 1 rings (SSSR count). The van der Waals surface area contributed by atoms with Gasteiger partial charge in [0.2, 0.25) is 0 Å². The van der Waals surface area contributed by atoms with Crippen molar-refractivity contribution < 1.29 is 0 Å². The van der Waals surface area contributed by atoms with Crippen molar-refractivity contribution in [3.8, 4) is 0 Å². The van der Waals surface area contributed by atoms with Crippen molar-refractivity contribution in [3.63, 3.8) is 0 Å². The Labute approximate surface area is 96.2 Å². The highest BCUT2D eigenvalue weighted by atomic mass is 31.2. The second-order valence-electron chi connectivity index (χ2n) is 6.44. The third kappa shape index (κ3) is 2.07. The summed E-state index contributed by atoms with van der Waals surface area (Å²) in [7, 11) is -1.34. The fraction of sp³-hybridized carbons (Fsp3) is 0.643. The van der Waals surface area contributed by atoms with Gasteiger partial charge in [-0.2, -0.15) is 6.66 Å². The fourth-order valence-electron chi connectivity index (χ4n) is 2.59. The summed E-state index contributed by atoms with van der Waals surface area (Å²) in [4.78, 5) is 0. The van der Waals surface area contributed by atoms with Crippen LogP contribution in [0, 0.1) is 6.66 Å². The summed E-state index contributed by atoms with van der Waals surface area (Å²) in [5.41, 5.74) is 0. The molecule has 0 saturated heterocycles. The predicted molar refractivity (Wildman–Crippen MR) is 73.6 cm³/mol. The fourth-order valence-corrected chi connectivity index (χ4v) is 7.08. The molecule has 0 spiro atoms. The zero-order valence-corrected chi connectivity index (χ0v) is 12.0. The van der Waals surface area contributed by atoms with Crippen LogP contribution in [0.2, 0.25) is 0 Å². The molecule has 0 N–H and O–H groups in total. The monoisotopic (exact) mass is 224 g/mol. The van der Waals surface area contributed by atoms with Gasteiger partial charge in [-0.05, 0) is 47.6 Å². The van der Waals surface area contributed by atoms with E-state index in [2.05, 4.69) is 59.8 Å². The summed E-state index contributed by atoms with van der Waals surface area (Å²) in [6.45, 7) is 18.8. The molecule has 0 heterocycles. The van der Waals surface area contributed by atoms with Gasteiger partial charge in [-0.25, -0.2) is 0 Å². The Morgan fingerprint density at radius 2 is 1.53 bits per heavy atom. The zero-order chi connectivity index (χ0) is 11.9. The molecule has 0 radical (unpaired) electrons. The second-order valence-corrected chi connectivity index (χ2v) is 11.3. The van der Waals surface area contributed by atoms with Gasteiger partial charge >= 0.3 is 0 Å². The first-order chi connectivity index (χ1) is 6.61. The minimum Gasteiger partial charge on any atom is -0.174 e. The minimum absolute atomic E-state index is 0.295. The van der Waals surface area contributed by atoms with Crippen molar-refractivity contribution in [2.45, 2.75) is 58.3 Å². The summed E-state index contributed by atoms with van der Waals surface area (Å²) in [5.74, 6) is 0. The highest BCUT2D eigenvalue weighted by molar-refractivity contribution is 7.83. The average Bonchev–Trinajstić information content (AvgIpc) is 2.49. The van der Waals surface area contributed by atoms with Crippen LogP contribution in [-0.2, 0) is 0 Å². The van der Waals surface area contributed by atoms with Crippen molar-refractivity contribution in [1.29, 1.82) is 0 Å². The first kappa shape index (κ1) is 13.0. The van der Waals surface area contributed by atoms with Crippen LogP contribution in [0.5, 0.6) is 0 Å². The van der Waals surface area contributed by atoms with E-state index in [-0.39, 0.29) is 0 Å². The van der Waals surface area contributed by atoms with E-state index in [4.69, 9.17) is 6.66 Å². The molecule has 0 unspecified atom stereocenters. The highest BCUT2D eigenvalue weighted by Crippen LogP contribution is 2.81. The molecule has 0 amide bonds. The van der Waals surface area contributed by atoms with Crippen LogP contribution in [0.1, 0.15) is 48.0 Å². The van der Waals surface area contributed by atoms with Gasteiger partial charge in [0, 0.05) is 22.0 Å². The Hall–Kier alpha value is -0.0900. The van der Waals surface area contributed by atoms with Crippen LogP contribution in [0.3, 0.4) is 0 Å². The lowest BCUT2D eigenvalue weighted by atomic mass is 10.2. The topological polar surface area (TPSA) is 0 Å². The van der Waals surface area contributed by atoms with Gasteiger partial charge < -0.3 is 0 Å². The summed E-state index contributed by atoms with van der Waals surface area (Å²) < 4.78 is 0. The van der Waals surface area contributed by atoms with E-state index in [9.17, 15) is 0 Å². The molecular weight excluding hydrogens is 199 g/mol. The predicted octanol–water partition coefficient (Wildman–Crippen LogP) is 5.24. The smallest absolute Gasteiger partial charge is 0.0498 e. The lowest BCUT2D eigenvalue weighted by Gasteiger charge is -2.51. The molecule has 1 aliphatic rings. The standard InChI is InChI=1S/C14H25P/c1-13(2,3)15(7,14(4,5)6)12-10-8-9-11-12/h8-10H,7,11H2,1-6H3. The average molecular weight is 224 g/mol. The maximum absolute atomic E-state index is 4.70. The molecule has 0 nitrogen and oxygen atoms in total. The third-order valence-corrected chi connectivity index (χ3v) is 9.43. The molecule has 1 aliphatic carbocycles. The van der Waals surface area contributed by atoms with E-state index >= 15 is 0 Å². The van der Waals surface area contributed by atoms with Crippen molar-refractivity contribution in [2.24, 2.45) is 0 Å². The SMILES string of the molecule is [CH2-][P+](C1=CC=CC1)(C(C)(C)C)C(C)(C)C. The minimum atomic E-state index is -1.34. The maximum Gasteiger partial charge on any atom is 0.0498 e. The summed E-state index contributed by atoms with van der Waals surface area (Å²) in [6, 6.07) is 0. The molecule has 0 atom stereocenters. The Bertz CT molecular complexity index is 280. The molecule has 0 aromatic heterocycles. The van der Waals surface area contributed by atoms with E-state index in [0.717, 1.165) is 6.42 Å². The molecule has 0 aromatic rings. The molecule has 0 aromatic carbocycles. The van der Waals surface area contributed by atoms with Gasteiger partial charge in [0.25, 0.3) is 0 Å². The quantitative estimate of drug-likeness (QED) is 0.422. The van der Waals surface area contributed by atoms with Gasteiger partial charge in [-0.1, -0.05) is 19.4 Å². The lowest BCUT2D eigenvalue weighted by molar-refractivity contribution is 0.697. The number of hydrogen-bond donors (Lipinski definition) is 0. The Morgan fingerprint density at radius 1 is 1.07 bits per heavy atom. The van der Waals surface area contributed by atoms with Crippen molar-refractivity contribution >= 4 is 7.26 Å². The van der Waals surface area contributed by atoms with E-state index in [1.165, 1.54) is 0 Å². The molecule has 0 aliphatic heterocycles. The van der Waals surface area contributed by atoms with Crippen molar-refractivity contribution in [2.75, 3.05) is 0 Å². The zero-order valence-electron chi connectivity index (χ0n) is 11.1. The number of rotatable bonds is 1. The van der Waals surface area contributed by atoms with Crippen LogP contribution in [0.4, 0.5) is 0 Å². The van der Waals surface area contributed by atoms with Crippen molar-refractivity contribution in [3.05, 3.63) is 30.2 Å². The van der Waals surface area contributed by atoms with Crippen molar-refractivity contribution in [1.82, 2.24) is 0 Å². The normalized spacial score (nSPS) is 18.2. The van der Waals surface area contributed by atoms with Gasteiger partial charge in [0.15, 0.2) is 0 Å². The summed E-state index contributed by atoms with van der Waals surface area (Å²) in [5, 5.41) is 2.18. The third-order valence-electron chi connectivity index (χ3n) is 3.53. The molecule has 0 saturated carbocycles. The Balaban J connectivity index is 3.20. The van der Waals surface area contributed by atoms with Crippen LogP contribution in [0.15, 0.2) is 23.5 Å². The molecule has 15 heavy (non-hydrogen) atoms. The molecule has 0 fully saturated rings. The first-order valence-corrected chi connectivity index (χ1v) is 7.68. The van der Waals surface area contributed by atoms with Crippen LogP contribution in [-0.4, -0.2) is 10.3 Å². The highest BCUT2D eigenvalue weighted by Gasteiger charge is 2.50. The maximum atomic E-state index is 4.70. The Kier molecular flexibility index (Phi) is 3.23.